The quantitative estimate of drug-likeness (QED) is 0.758. The largest absolute Gasteiger partial charge is 0.420 e. The molecule has 1 aromatic carbocycles. The van der Waals surface area contributed by atoms with Crippen molar-refractivity contribution in [3.05, 3.63) is 35.4 Å². The maximum Gasteiger partial charge on any atom is 0.308 e. The summed E-state index contributed by atoms with van der Waals surface area (Å²) in [5.74, 6) is -0.894. The number of fused-ring (bicyclic) bond motifs is 1. The topological polar surface area (TPSA) is 55.4 Å². The predicted molar refractivity (Wildman–Crippen MR) is 60.8 cm³/mol. The molecule has 1 aromatic rings. The minimum absolute atomic E-state index is 0.0219. The van der Waals surface area contributed by atoms with E-state index in [9.17, 15) is 9.59 Å². The minimum Gasteiger partial charge on any atom is -0.420 e. The van der Waals surface area contributed by atoms with Crippen LogP contribution in [-0.2, 0) is 14.3 Å². The smallest absolute Gasteiger partial charge is 0.308 e. The molecule has 82 valence electrons. The van der Waals surface area contributed by atoms with Gasteiger partial charge in [0.1, 0.15) is 0 Å². The second-order valence-corrected chi connectivity index (χ2v) is 4.06. The summed E-state index contributed by atoms with van der Waals surface area (Å²) in [6.45, 7) is 1.26. The fourth-order valence-corrected chi connectivity index (χ4v) is 2.04. The van der Waals surface area contributed by atoms with Crippen molar-refractivity contribution >= 4 is 29.3 Å². The van der Waals surface area contributed by atoms with Crippen LogP contribution in [0.5, 0.6) is 0 Å². The van der Waals surface area contributed by atoms with Gasteiger partial charge in [0.25, 0.3) is 5.91 Å². The first-order chi connectivity index (χ1) is 7.66. The molecule has 1 aliphatic rings. The molecule has 0 atom stereocenters. The number of carbonyl (C=O) groups is 2. The van der Waals surface area contributed by atoms with Gasteiger partial charge < -0.3 is 10.1 Å². The molecule has 0 fully saturated rings. The van der Waals surface area contributed by atoms with Crippen molar-refractivity contribution in [3.8, 4) is 0 Å². The summed E-state index contributed by atoms with van der Waals surface area (Å²) in [5, 5.41) is 4.20. The molecule has 0 bridgehead atoms. The summed E-state index contributed by atoms with van der Waals surface area (Å²) in [4.78, 5) is 23.3. The van der Waals surface area contributed by atoms with Crippen molar-refractivity contribution in [2.24, 2.45) is 0 Å². The van der Waals surface area contributed by atoms with Gasteiger partial charge in [0, 0.05) is 17.2 Å². The normalized spacial score (nSPS) is 14.3. The second kappa shape index (κ2) is 4.40. The van der Waals surface area contributed by atoms with E-state index >= 15 is 0 Å². The molecular weight excluding hydrogens is 226 g/mol. The number of anilines is 1. The van der Waals surface area contributed by atoms with Gasteiger partial charge in [0.15, 0.2) is 0 Å². The molecule has 1 amide bonds. The molecule has 2 rings (SSSR count). The van der Waals surface area contributed by atoms with Gasteiger partial charge in [-0.1, -0.05) is 23.9 Å². The summed E-state index contributed by atoms with van der Waals surface area (Å²) in [6.07, 6.45) is 0. The molecule has 4 nitrogen and oxygen atoms in total. The fourth-order valence-electron chi connectivity index (χ4n) is 1.25. The standard InChI is InChI=1S/C11H9NO3S/c1-7(13)15-9-6-16-10-5-3-2-4-8(10)12-11(9)14/h2-6H,1H3,(H,12,14). The Balaban J connectivity index is 2.28. The number of nitrogens with one attached hydrogen (secondary N) is 1. The van der Waals surface area contributed by atoms with Gasteiger partial charge in [-0.2, -0.15) is 0 Å². The van der Waals surface area contributed by atoms with E-state index in [1.54, 1.807) is 6.07 Å². The zero-order valence-electron chi connectivity index (χ0n) is 8.52. The van der Waals surface area contributed by atoms with E-state index in [0.29, 0.717) is 0 Å². The monoisotopic (exact) mass is 235 g/mol. The number of para-hydroxylation sites is 1. The Morgan fingerprint density at radius 3 is 2.88 bits per heavy atom. The Kier molecular flexibility index (Phi) is 2.96. The Bertz CT molecular complexity index is 482. The van der Waals surface area contributed by atoms with Gasteiger partial charge in [-0.25, -0.2) is 0 Å². The van der Waals surface area contributed by atoms with Gasteiger partial charge in [-0.15, -0.1) is 0 Å². The van der Waals surface area contributed by atoms with Crippen LogP contribution in [-0.4, -0.2) is 11.9 Å². The first-order valence-electron chi connectivity index (χ1n) is 4.62. The SMILES string of the molecule is CC(=O)OC1=CSc2ccccc2NC1=O. The number of hydrogen-bond acceptors (Lipinski definition) is 4. The van der Waals surface area contributed by atoms with E-state index in [0.717, 1.165) is 10.6 Å². The van der Waals surface area contributed by atoms with E-state index in [1.165, 1.54) is 24.1 Å². The van der Waals surface area contributed by atoms with E-state index in [1.807, 2.05) is 18.2 Å². The molecular formula is C11H9NO3S. The Labute approximate surface area is 96.7 Å². The number of esters is 1. The summed E-state index contributed by atoms with van der Waals surface area (Å²) < 4.78 is 4.80. The number of amides is 1. The number of thioether (sulfide) groups is 1. The van der Waals surface area contributed by atoms with Crippen LogP contribution in [0.2, 0.25) is 0 Å². The van der Waals surface area contributed by atoms with Crippen LogP contribution in [0.3, 0.4) is 0 Å². The zero-order chi connectivity index (χ0) is 11.5. The van der Waals surface area contributed by atoms with E-state index < -0.39 is 11.9 Å². The summed E-state index contributed by atoms with van der Waals surface area (Å²) in [6, 6.07) is 7.39. The average Bonchev–Trinajstić information content (AvgIpc) is 2.39. The fraction of sp³-hybridized carbons (Fsp3) is 0.0909. The van der Waals surface area contributed by atoms with Crippen molar-refractivity contribution in [2.75, 3.05) is 5.32 Å². The summed E-state index contributed by atoms with van der Waals surface area (Å²) in [7, 11) is 0. The highest BCUT2D eigenvalue weighted by Gasteiger charge is 2.18. The molecule has 1 aliphatic heterocycles. The molecule has 0 aromatic heterocycles. The number of rotatable bonds is 1. The average molecular weight is 235 g/mol. The van der Waals surface area contributed by atoms with Crippen molar-refractivity contribution < 1.29 is 14.3 Å². The van der Waals surface area contributed by atoms with Crippen LogP contribution in [0.4, 0.5) is 5.69 Å². The first kappa shape index (κ1) is 10.8. The predicted octanol–water partition coefficient (Wildman–Crippen LogP) is 2.14. The van der Waals surface area contributed by atoms with Crippen molar-refractivity contribution in [1.29, 1.82) is 0 Å². The first-order valence-corrected chi connectivity index (χ1v) is 5.50. The lowest BCUT2D eigenvalue weighted by Gasteiger charge is -2.05. The maximum absolute atomic E-state index is 11.6. The third-order valence-electron chi connectivity index (χ3n) is 1.91. The molecule has 0 saturated heterocycles. The highest BCUT2D eigenvalue weighted by molar-refractivity contribution is 8.02. The van der Waals surface area contributed by atoms with Crippen LogP contribution >= 0.6 is 11.8 Å². The molecule has 0 spiro atoms. The van der Waals surface area contributed by atoms with Gasteiger partial charge in [-0.05, 0) is 12.1 Å². The Morgan fingerprint density at radius 2 is 2.12 bits per heavy atom. The van der Waals surface area contributed by atoms with Gasteiger partial charge >= 0.3 is 5.97 Å². The van der Waals surface area contributed by atoms with Gasteiger partial charge in [0.05, 0.1) is 5.69 Å². The molecule has 0 aliphatic carbocycles. The highest BCUT2D eigenvalue weighted by atomic mass is 32.2. The number of benzene rings is 1. The van der Waals surface area contributed by atoms with Crippen LogP contribution in [0.1, 0.15) is 6.92 Å². The highest BCUT2D eigenvalue weighted by Crippen LogP contribution is 2.31. The molecule has 1 N–H and O–H groups in total. The third kappa shape index (κ3) is 2.25. The number of ether oxygens (including phenoxy) is 1. The molecule has 16 heavy (non-hydrogen) atoms. The van der Waals surface area contributed by atoms with Gasteiger partial charge in [-0.3, -0.25) is 9.59 Å². The maximum atomic E-state index is 11.6. The van der Waals surface area contributed by atoms with Crippen molar-refractivity contribution in [3.63, 3.8) is 0 Å². The Morgan fingerprint density at radius 1 is 1.38 bits per heavy atom. The lowest BCUT2D eigenvalue weighted by molar-refractivity contribution is -0.139. The summed E-state index contributed by atoms with van der Waals surface area (Å²) in [5.41, 5.74) is 0.718. The van der Waals surface area contributed by atoms with Crippen LogP contribution in [0, 0.1) is 0 Å². The van der Waals surface area contributed by atoms with E-state index in [4.69, 9.17) is 4.74 Å². The van der Waals surface area contributed by atoms with Gasteiger partial charge in [0.2, 0.25) is 5.76 Å². The Hall–Kier alpha value is -1.75. The number of carbonyl (C=O) groups excluding carboxylic acids is 2. The van der Waals surface area contributed by atoms with E-state index in [-0.39, 0.29) is 5.76 Å². The molecule has 0 unspecified atom stereocenters. The lowest BCUT2D eigenvalue weighted by Crippen LogP contribution is -2.17. The van der Waals surface area contributed by atoms with Crippen LogP contribution in [0.25, 0.3) is 0 Å². The zero-order valence-corrected chi connectivity index (χ0v) is 9.34. The second-order valence-electron chi connectivity index (χ2n) is 3.14. The molecule has 1 heterocycles. The van der Waals surface area contributed by atoms with Crippen molar-refractivity contribution in [2.45, 2.75) is 11.8 Å². The lowest BCUT2D eigenvalue weighted by atomic mass is 10.3. The van der Waals surface area contributed by atoms with E-state index in [2.05, 4.69) is 5.32 Å². The van der Waals surface area contributed by atoms with Crippen molar-refractivity contribution in [1.82, 2.24) is 0 Å². The molecule has 0 radical (unpaired) electrons. The number of hydrogen-bond donors (Lipinski definition) is 1. The minimum atomic E-state index is -0.507. The van der Waals surface area contributed by atoms with Crippen LogP contribution in [0.15, 0.2) is 40.3 Å². The molecule has 5 heteroatoms. The summed E-state index contributed by atoms with van der Waals surface area (Å²) >= 11 is 1.34. The molecule has 0 saturated carbocycles. The van der Waals surface area contributed by atoms with Crippen LogP contribution < -0.4 is 5.32 Å². The third-order valence-corrected chi connectivity index (χ3v) is 2.85.